The molecule has 0 bridgehead atoms. The van der Waals surface area contributed by atoms with E-state index in [-0.39, 0.29) is 11.9 Å². The highest BCUT2D eigenvalue weighted by Gasteiger charge is 2.20. The Morgan fingerprint density at radius 1 is 1.53 bits per heavy atom. The van der Waals surface area contributed by atoms with E-state index < -0.39 is 0 Å². The minimum absolute atomic E-state index is 0.168. The van der Waals surface area contributed by atoms with Crippen LogP contribution in [-0.2, 0) is 0 Å². The molecule has 17 heavy (non-hydrogen) atoms. The molecule has 1 aromatic carbocycles. The summed E-state index contributed by atoms with van der Waals surface area (Å²) in [5.41, 5.74) is 6.77. The number of nitrogens with zero attached hydrogens (tertiary/aromatic N) is 1. The van der Waals surface area contributed by atoms with Crippen molar-refractivity contribution in [2.24, 2.45) is 5.73 Å². The van der Waals surface area contributed by atoms with Gasteiger partial charge in [0.15, 0.2) is 0 Å². The Bertz CT molecular complexity index is 384. The molecule has 0 amide bonds. The molecule has 3 nitrogen and oxygen atoms in total. The fraction of sp³-hybridized carbons (Fsp3) is 0.538. The Morgan fingerprint density at radius 2 is 2.35 bits per heavy atom. The lowest BCUT2D eigenvalue weighted by molar-refractivity contribution is 0.338. The van der Waals surface area contributed by atoms with Gasteiger partial charge in [-0.25, -0.2) is 4.39 Å². The van der Waals surface area contributed by atoms with Gasteiger partial charge in [-0.15, -0.1) is 0 Å². The molecule has 1 unspecified atom stereocenters. The summed E-state index contributed by atoms with van der Waals surface area (Å²) in [7, 11) is 0. The second kappa shape index (κ2) is 5.36. The molecule has 1 heterocycles. The van der Waals surface area contributed by atoms with E-state index in [0.717, 1.165) is 37.4 Å². The average Bonchev–Trinajstić information content (AvgIpc) is 2.32. The lowest BCUT2D eigenvalue weighted by Crippen LogP contribution is -2.43. The van der Waals surface area contributed by atoms with E-state index >= 15 is 0 Å². The van der Waals surface area contributed by atoms with Gasteiger partial charge < -0.3 is 15.4 Å². The van der Waals surface area contributed by atoms with E-state index in [1.54, 1.807) is 6.07 Å². The van der Waals surface area contributed by atoms with Crippen LogP contribution in [0.2, 0.25) is 0 Å². The maximum absolute atomic E-state index is 13.3. The Hall–Kier alpha value is -1.29. The number of benzene rings is 1. The highest BCUT2D eigenvalue weighted by atomic mass is 19.1. The molecule has 0 spiro atoms. The van der Waals surface area contributed by atoms with Gasteiger partial charge in [-0.2, -0.15) is 0 Å². The van der Waals surface area contributed by atoms with Crippen LogP contribution in [0.3, 0.4) is 0 Å². The third kappa shape index (κ3) is 2.88. The second-order valence-corrected chi connectivity index (χ2v) is 4.39. The first kappa shape index (κ1) is 12.2. The standard InChI is InChI=1S/C13H19FN2O/c1-2-17-13-6-5-10(14)8-12(13)16-7-3-4-11(15)9-16/h5-6,8,11H,2-4,7,9,15H2,1H3. The SMILES string of the molecule is CCOc1ccc(F)cc1N1CCCC(N)C1. The highest BCUT2D eigenvalue weighted by molar-refractivity contribution is 5.59. The molecule has 0 aliphatic carbocycles. The van der Waals surface area contributed by atoms with Gasteiger partial charge in [0, 0.05) is 25.2 Å². The third-order valence-electron chi connectivity index (χ3n) is 3.02. The predicted octanol–water partition coefficient (Wildman–Crippen LogP) is 2.15. The van der Waals surface area contributed by atoms with Gasteiger partial charge in [0.1, 0.15) is 11.6 Å². The van der Waals surface area contributed by atoms with Gasteiger partial charge in [0.25, 0.3) is 0 Å². The van der Waals surface area contributed by atoms with Gasteiger partial charge in [0.05, 0.1) is 12.3 Å². The first-order valence-corrected chi connectivity index (χ1v) is 6.13. The Balaban J connectivity index is 2.25. The lowest BCUT2D eigenvalue weighted by Gasteiger charge is -2.33. The van der Waals surface area contributed by atoms with Crippen molar-refractivity contribution in [3.8, 4) is 5.75 Å². The maximum Gasteiger partial charge on any atom is 0.142 e. The largest absolute Gasteiger partial charge is 0.492 e. The Morgan fingerprint density at radius 3 is 3.06 bits per heavy atom. The van der Waals surface area contributed by atoms with Crippen molar-refractivity contribution >= 4 is 5.69 Å². The molecule has 4 heteroatoms. The Labute approximate surface area is 101 Å². The van der Waals surface area contributed by atoms with Crippen molar-refractivity contribution in [2.45, 2.75) is 25.8 Å². The summed E-state index contributed by atoms with van der Waals surface area (Å²) in [6.07, 6.45) is 2.08. The fourth-order valence-corrected chi connectivity index (χ4v) is 2.24. The summed E-state index contributed by atoms with van der Waals surface area (Å²) in [5, 5.41) is 0. The Kier molecular flexibility index (Phi) is 3.84. The molecule has 0 saturated carbocycles. The van der Waals surface area contributed by atoms with Gasteiger partial charge >= 0.3 is 0 Å². The normalized spacial score (nSPS) is 20.4. The van der Waals surface area contributed by atoms with Crippen molar-refractivity contribution in [3.63, 3.8) is 0 Å². The molecule has 1 saturated heterocycles. The van der Waals surface area contributed by atoms with E-state index in [1.807, 2.05) is 6.92 Å². The number of ether oxygens (including phenoxy) is 1. The van der Waals surface area contributed by atoms with Crippen LogP contribution in [0.25, 0.3) is 0 Å². The number of hydrogen-bond acceptors (Lipinski definition) is 3. The maximum atomic E-state index is 13.3. The predicted molar refractivity (Wildman–Crippen MR) is 67.0 cm³/mol. The summed E-state index contributed by atoms with van der Waals surface area (Å²) >= 11 is 0. The fourth-order valence-electron chi connectivity index (χ4n) is 2.24. The molecule has 1 atom stereocenters. The summed E-state index contributed by atoms with van der Waals surface area (Å²) in [5.74, 6) is 0.505. The molecule has 1 fully saturated rings. The van der Waals surface area contributed by atoms with Gasteiger partial charge in [-0.1, -0.05) is 0 Å². The number of nitrogens with two attached hydrogens (primary N) is 1. The molecule has 0 radical (unpaired) electrons. The van der Waals surface area contributed by atoms with E-state index in [2.05, 4.69) is 4.90 Å². The zero-order chi connectivity index (χ0) is 12.3. The van der Waals surface area contributed by atoms with Crippen LogP contribution in [0.15, 0.2) is 18.2 Å². The average molecular weight is 238 g/mol. The molecule has 2 rings (SSSR count). The van der Waals surface area contributed by atoms with Crippen molar-refractivity contribution in [2.75, 3.05) is 24.6 Å². The van der Waals surface area contributed by atoms with E-state index in [0.29, 0.717) is 6.61 Å². The summed E-state index contributed by atoms with van der Waals surface area (Å²) in [6, 6.07) is 4.82. The van der Waals surface area contributed by atoms with Crippen LogP contribution in [0.5, 0.6) is 5.75 Å². The van der Waals surface area contributed by atoms with Crippen molar-refractivity contribution in [3.05, 3.63) is 24.0 Å². The molecule has 2 N–H and O–H groups in total. The molecular formula is C13H19FN2O. The monoisotopic (exact) mass is 238 g/mol. The second-order valence-electron chi connectivity index (χ2n) is 4.39. The van der Waals surface area contributed by atoms with Crippen LogP contribution in [0.4, 0.5) is 10.1 Å². The summed E-state index contributed by atoms with van der Waals surface area (Å²) < 4.78 is 18.9. The minimum atomic E-state index is -0.234. The quantitative estimate of drug-likeness (QED) is 0.877. The zero-order valence-corrected chi connectivity index (χ0v) is 10.2. The van der Waals surface area contributed by atoms with E-state index in [4.69, 9.17) is 10.5 Å². The van der Waals surface area contributed by atoms with Crippen LogP contribution >= 0.6 is 0 Å². The minimum Gasteiger partial charge on any atom is -0.492 e. The van der Waals surface area contributed by atoms with Crippen LogP contribution in [0, 0.1) is 5.82 Å². The summed E-state index contributed by atoms with van der Waals surface area (Å²) in [4.78, 5) is 2.11. The third-order valence-corrected chi connectivity index (χ3v) is 3.02. The van der Waals surface area contributed by atoms with Crippen LogP contribution in [-0.4, -0.2) is 25.7 Å². The molecule has 1 aliphatic rings. The van der Waals surface area contributed by atoms with Crippen molar-refractivity contribution < 1.29 is 9.13 Å². The first-order valence-electron chi connectivity index (χ1n) is 6.13. The molecule has 94 valence electrons. The number of hydrogen-bond donors (Lipinski definition) is 1. The van der Waals surface area contributed by atoms with Crippen LogP contribution in [0.1, 0.15) is 19.8 Å². The van der Waals surface area contributed by atoms with Gasteiger partial charge in [-0.05, 0) is 31.9 Å². The summed E-state index contributed by atoms with van der Waals surface area (Å²) in [6.45, 7) is 4.19. The molecule has 1 aromatic rings. The zero-order valence-electron chi connectivity index (χ0n) is 10.2. The van der Waals surface area contributed by atoms with Crippen molar-refractivity contribution in [1.29, 1.82) is 0 Å². The molecule has 0 aromatic heterocycles. The smallest absolute Gasteiger partial charge is 0.142 e. The molecule has 1 aliphatic heterocycles. The van der Waals surface area contributed by atoms with E-state index in [1.165, 1.54) is 12.1 Å². The molecular weight excluding hydrogens is 219 g/mol. The number of halogens is 1. The van der Waals surface area contributed by atoms with E-state index in [9.17, 15) is 4.39 Å². The number of anilines is 1. The van der Waals surface area contributed by atoms with Crippen molar-refractivity contribution in [1.82, 2.24) is 0 Å². The van der Waals surface area contributed by atoms with Gasteiger partial charge in [-0.3, -0.25) is 0 Å². The van der Waals surface area contributed by atoms with Crippen LogP contribution < -0.4 is 15.4 Å². The number of piperidine rings is 1. The number of rotatable bonds is 3. The highest BCUT2D eigenvalue weighted by Crippen LogP contribution is 2.31. The first-order chi connectivity index (χ1) is 8.20. The lowest BCUT2D eigenvalue weighted by atomic mass is 10.1. The van der Waals surface area contributed by atoms with Gasteiger partial charge in [0.2, 0.25) is 0 Å². The topological polar surface area (TPSA) is 38.5 Å².